The van der Waals surface area contributed by atoms with E-state index in [1.807, 2.05) is 24.8 Å². The molecule has 2 nitrogen and oxygen atoms in total. The summed E-state index contributed by atoms with van der Waals surface area (Å²) in [6.07, 6.45) is 0. The van der Waals surface area contributed by atoms with Crippen LogP contribution in [0.25, 0.3) is 0 Å². The van der Waals surface area contributed by atoms with Gasteiger partial charge >= 0.3 is 0 Å². The van der Waals surface area contributed by atoms with Crippen molar-refractivity contribution in [1.82, 2.24) is 4.90 Å². The fraction of sp³-hybridized carbons (Fsp3) is 0.462. The fourth-order valence-electron chi connectivity index (χ4n) is 2.36. The molecule has 1 heterocycles. The average molecular weight is 221 g/mol. The van der Waals surface area contributed by atoms with E-state index in [9.17, 15) is 9.18 Å². The van der Waals surface area contributed by atoms with Gasteiger partial charge in [-0.2, -0.15) is 0 Å². The SMILES string of the molecule is CCN1CC(c2cccc(F)c2)C(C)C1=O. The highest BCUT2D eigenvalue weighted by Gasteiger charge is 2.37. The summed E-state index contributed by atoms with van der Waals surface area (Å²) >= 11 is 0. The molecule has 2 unspecified atom stereocenters. The summed E-state index contributed by atoms with van der Waals surface area (Å²) in [5.41, 5.74) is 0.928. The molecular weight excluding hydrogens is 205 g/mol. The van der Waals surface area contributed by atoms with E-state index in [1.165, 1.54) is 12.1 Å². The second kappa shape index (κ2) is 4.24. The third kappa shape index (κ3) is 1.82. The molecule has 1 saturated heterocycles. The highest BCUT2D eigenvalue weighted by atomic mass is 19.1. The van der Waals surface area contributed by atoms with Gasteiger partial charge in [0.25, 0.3) is 0 Å². The molecule has 0 radical (unpaired) electrons. The maximum absolute atomic E-state index is 13.1. The number of nitrogens with zero attached hydrogens (tertiary/aromatic N) is 1. The molecule has 1 aromatic carbocycles. The van der Waals surface area contributed by atoms with E-state index in [4.69, 9.17) is 0 Å². The molecule has 1 aromatic rings. The molecule has 0 aromatic heterocycles. The summed E-state index contributed by atoms with van der Waals surface area (Å²) in [6.45, 7) is 5.33. The van der Waals surface area contributed by atoms with E-state index in [2.05, 4.69) is 0 Å². The molecule has 86 valence electrons. The minimum absolute atomic E-state index is 0.0400. The second-order valence-electron chi connectivity index (χ2n) is 4.33. The Bertz CT molecular complexity index is 405. The van der Waals surface area contributed by atoms with Crippen LogP contribution in [0.1, 0.15) is 25.3 Å². The van der Waals surface area contributed by atoms with Crippen molar-refractivity contribution < 1.29 is 9.18 Å². The van der Waals surface area contributed by atoms with Gasteiger partial charge in [0, 0.05) is 24.9 Å². The van der Waals surface area contributed by atoms with Crippen LogP contribution in [-0.4, -0.2) is 23.9 Å². The van der Waals surface area contributed by atoms with Crippen LogP contribution in [-0.2, 0) is 4.79 Å². The van der Waals surface area contributed by atoms with Crippen molar-refractivity contribution in [2.45, 2.75) is 19.8 Å². The normalized spacial score (nSPS) is 25.2. The lowest BCUT2D eigenvalue weighted by atomic mass is 9.90. The lowest BCUT2D eigenvalue weighted by Crippen LogP contribution is -2.25. The van der Waals surface area contributed by atoms with E-state index in [1.54, 1.807) is 6.07 Å². The topological polar surface area (TPSA) is 20.3 Å². The summed E-state index contributed by atoms with van der Waals surface area (Å²) in [5, 5.41) is 0. The maximum Gasteiger partial charge on any atom is 0.226 e. The minimum Gasteiger partial charge on any atom is -0.342 e. The zero-order valence-corrected chi connectivity index (χ0v) is 9.61. The standard InChI is InChI=1S/C13H16FNO/c1-3-15-8-12(9(2)13(15)16)10-5-4-6-11(14)7-10/h4-7,9,12H,3,8H2,1-2H3. The van der Waals surface area contributed by atoms with Crippen LogP contribution in [0.4, 0.5) is 4.39 Å². The van der Waals surface area contributed by atoms with Crippen LogP contribution in [0, 0.1) is 11.7 Å². The summed E-state index contributed by atoms with van der Waals surface area (Å²) in [5.74, 6) is 0.0359. The molecule has 16 heavy (non-hydrogen) atoms. The monoisotopic (exact) mass is 221 g/mol. The van der Waals surface area contributed by atoms with E-state index >= 15 is 0 Å². The molecule has 1 fully saturated rings. The van der Waals surface area contributed by atoms with Gasteiger partial charge in [0.1, 0.15) is 5.82 Å². The Morgan fingerprint density at radius 2 is 2.25 bits per heavy atom. The van der Waals surface area contributed by atoms with Crippen molar-refractivity contribution in [3.05, 3.63) is 35.6 Å². The summed E-state index contributed by atoms with van der Waals surface area (Å²) in [6, 6.07) is 6.57. The van der Waals surface area contributed by atoms with Gasteiger partial charge in [0.2, 0.25) is 5.91 Å². The Kier molecular flexibility index (Phi) is 2.95. The Hall–Kier alpha value is -1.38. The van der Waals surface area contributed by atoms with Gasteiger partial charge in [-0.1, -0.05) is 19.1 Å². The van der Waals surface area contributed by atoms with Crippen LogP contribution in [0.2, 0.25) is 0 Å². The number of rotatable bonds is 2. The molecule has 0 spiro atoms. The second-order valence-corrected chi connectivity index (χ2v) is 4.33. The molecule has 2 atom stereocenters. The third-order valence-corrected chi connectivity index (χ3v) is 3.38. The zero-order valence-electron chi connectivity index (χ0n) is 9.61. The zero-order chi connectivity index (χ0) is 11.7. The first kappa shape index (κ1) is 11.1. The number of likely N-dealkylation sites (tertiary alicyclic amines) is 1. The van der Waals surface area contributed by atoms with Gasteiger partial charge in [0.05, 0.1) is 0 Å². The van der Waals surface area contributed by atoms with Crippen molar-refractivity contribution >= 4 is 5.91 Å². The first-order chi connectivity index (χ1) is 7.63. The Morgan fingerprint density at radius 3 is 2.81 bits per heavy atom. The first-order valence-electron chi connectivity index (χ1n) is 5.67. The van der Waals surface area contributed by atoms with E-state index in [0.717, 1.165) is 12.1 Å². The van der Waals surface area contributed by atoms with Crippen LogP contribution in [0.5, 0.6) is 0 Å². The molecule has 2 rings (SSSR count). The summed E-state index contributed by atoms with van der Waals surface area (Å²) < 4.78 is 13.1. The number of hydrogen-bond acceptors (Lipinski definition) is 1. The molecule has 0 bridgehead atoms. The number of benzene rings is 1. The molecule has 1 aliphatic heterocycles. The first-order valence-corrected chi connectivity index (χ1v) is 5.67. The van der Waals surface area contributed by atoms with E-state index in [-0.39, 0.29) is 23.6 Å². The quantitative estimate of drug-likeness (QED) is 0.751. The lowest BCUT2D eigenvalue weighted by Gasteiger charge is -2.14. The summed E-state index contributed by atoms with van der Waals surface area (Å²) in [4.78, 5) is 13.7. The maximum atomic E-state index is 13.1. The molecule has 0 aliphatic carbocycles. The summed E-state index contributed by atoms with van der Waals surface area (Å²) in [7, 11) is 0. The van der Waals surface area contributed by atoms with Gasteiger partial charge in [-0.25, -0.2) is 4.39 Å². The van der Waals surface area contributed by atoms with Gasteiger partial charge < -0.3 is 4.90 Å². The van der Waals surface area contributed by atoms with Crippen LogP contribution in [0.15, 0.2) is 24.3 Å². The van der Waals surface area contributed by atoms with Crippen molar-refractivity contribution in [3.63, 3.8) is 0 Å². The van der Waals surface area contributed by atoms with Crippen molar-refractivity contribution in [2.24, 2.45) is 5.92 Å². The van der Waals surface area contributed by atoms with Crippen molar-refractivity contribution in [1.29, 1.82) is 0 Å². The van der Waals surface area contributed by atoms with Crippen LogP contribution >= 0.6 is 0 Å². The molecule has 1 aliphatic rings. The highest BCUT2D eigenvalue weighted by molar-refractivity contribution is 5.82. The Morgan fingerprint density at radius 1 is 1.50 bits per heavy atom. The smallest absolute Gasteiger partial charge is 0.226 e. The average Bonchev–Trinajstić information content (AvgIpc) is 2.56. The molecule has 1 amide bonds. The van der Waals surface area contributed by atoms with Crippen molar-refractivity contribution in [3.8, 4) is 0 Å². The third-order valence-electron chi connectivity index (χ3n) is 3.38. The van der Waals surface area contributed by atoms with Gasteiger partial charge in [0.15, 0.2) is 0 Å². The fourth-order valence-corrected chi connectivity index (χ4v) is 2.36. The number of amides is 1. The molecule has 0 saturated carbocycles. The lowest BCUT2D eigenvalue weighted by molar-refractivity contribution is -0.130. The number of halogens is 1. The predicted octanol–water partition coefficient (Wildman–Crippen LogP) is 2.41. The van der Waals surface area contributed by atoms with Gasteiger partial charge in [-0.15, -0.1) is 0 Å². The number of likely N-dealkylation sites (N-methyl/N-ethyl adjacent to an activating group) is 1. The molecular formula is C13H16FNO. The van der Waals surface area contributed by atoms with E-state index in [0.29, 0.717) is 6.54 Å². The number of carbonyl (C=O) groups is 1. The van der Waals surface area contributed by atoms with Gasteiger partial charge in [-0.3, -0.25) is 4.79 Å². The van der Waals surface area contributed by atoms with Crippen LogP contribution in [0.3, 0.4) is 0 Å². The van der Waals surface area contributed by atoms with Gasteiger partial charge in [-0.05, 0) is 24.6 Å². The highest BCUT2D eigenvalue weighted by Crippen LogP contribution is 2.33. The van der Waals surface area contributed by atoms with E-state index < -0.39 is 0 Å². The molecule has 3 heteroatoms. The number of hydrogen-bond donors (Lipinski definition) is 0. The largest absolute Gasteiger partial charge is 0.342 e. The van der Waals surface area contributed by atoms with Crippen LogP contribution < -0.4 is 0 Å². The van der Waals surface area contributed by atoms with Crippen molar-refractivity contribution in [2.75, 3.05) is 13.1 Å². The Labute approximate surface area is 95.1 Å². The number of carbonyl (C=O) groups excluding carboxylic acids is 1. The minimum atomic E-state index is -0.230. The Balaban J connectivity index is 2.26. The predicted molar refractivity (Wildman–Crippen MR) is 60.6 cm³/mol. The molecule has 0 N–H and O–H groups in total.